The molecule has 0 saturated heterocycles. The van der Waals surface area contributed by atoms with Crippen LogP contribution >= 0.6 is 28.1 Å². The summed E-state index contributed by atoms with van der Waals surface area (Å²) in [4.78, 5) is 7.65. The molecule has 3 nitrogen and oxygen atoms in total. The van der Waals surface area contributed by atoms with Gasteiger partial charge in [0.25, 0.3) is 0 Å². The third-order valence-electron chi connectivity index (χ3n) is 3.08. The van der Waals surface area contributed by atoms with E-state index >= 15 is 0 Å². The summed E-state index contributed by atoms with van der Waals surface area (Å²) in [5, 5.41) is 0. The van der Waals surface area contributed by atoms with Gasteiger partial charge < -0.3 is 4.98 Å². The molecule has 0 amide bonds. The number of nitrogens with zero attached hydrogens (tertiary/aromatic N) is 2. The Kier molecular flexibility index (Phi) is 3.03. The van der Waals surface area contributed by atoms with Crippen molar-refractivity contribution in [2.45, 2.75) is 13.8 Å². The molecule has 0 fully saturated rings. The average Bonchev–Trinajstić information content (AvgIpc) is 2.65. The summed E-state index contributed by atoms with van der Waals surface area (Å²) in [5.41, 5.74) is 5.27. The van der Waals surface area contributed by atoms with Gasteiger partial charge in [-0.1, -0.05) is 17.7 Å². The van der Waals surface area contributed by atoms with Crippen LogP contribution in [-0.2, 0) is 0 Å². The number of fused-ring (bicyclic) bond motifs is 1. The lowest BCUT2D eigenvalue weighted by Gasteiger charge is -2.08. The Morgan fingerprint density at radius 1 is 1.26 bits per heavy atom. The van der Waals surface area contributed by atoms with Crippen molar-refractivity contribution in [2.75, 3.05) is 0 Å². The van der Waals surface area contributed by atoms with Gasteiger partial charge in [-0.3, -0.25) is 4.57 Å². The number of hydrogen-bond acceptors (Lipinski definition) is 2. The number of hydrogen-bond donors (Lipinski definition) is 1. The van der Waals surface area contributed by atoms with Crippen LogP contribution in [0.25, 0.3) is 16.9 Å². The smallest absolute Gasteiger partial charge is 0.184 e. The molecule has 0 bridgehead atoms. The van der Waals surface area contributed by atoms with E-state index in [-0.39, 0.29) is 0 Å². The van der Waals surface area contributed by atoms with Crippen LogP contribution in [0.1, 0.15) is 11.1 Å². The molecule has 5 heteroatoms. The van der Waals surface area contributed by atoms with E-state index in [1.165, 1.54) is 11.1 Å². The Morgan fingerprint density at radius 3 is 2.79 bits per heavy atom. The van der Waals surface area contributed by atoms with E-state index in [4.69, 9.17) is 12.2 Å². The molecule has 1 aromatic carbocycles. The molecule has 2 aromatic heterocycles. The number of H-pyrrole nitrogens is 1. The van der Waals surface area contributed by atoms with Crippen LogP contribution in [0.4, 0.5) is 0 Å². The molecule has 0 saturated carbocycles. The van der Waals surface area contributed by atoms with E-state index in [2.05, 4.69) is 57.9 Å². The number of nitrogens with one attached hydrogen (secondary N) is 1. The number of aromatic amines is 1. The predicted molar refractivity (Wildman–Crippen MR) is 83.4 cm³/mol. The second-order valence-corrected chi connectivity index (χ2v) is 5.88. The summed E-state index contributed by atoms with van der Waals surface area (Å²) in [5.74, 6) is 0. The minimum Gasteiger partial charge on any atom is -0.329 e. The SMILES string of the molecule is Cc1ccc(-n2c(=S)[nH]c3cc(Br)cnc32)c(C)c1. The zero-order valence-corrected chi connectivity index (χ0v) is 13.0. The highest BCUT2D eigenvalue weighted by Crippen LogP contribution is 2.23. The van der Waals surface area contributed by atoms with E-state index in [9.17, 15) is 0 Å². The van der Waals surface area contributed by atoms with Gasteiger partial charge >= 0.3 is 0 Å². The molecule has 96 valence electrons. The molecule has 0 atom stereocenters. The van der Waals surface area contributed by atoms with Gasteiger partial charge in [0.15, 0.2) is 10.4 Å². The molecule has 0 unspecified atom stereocenters. The normalized spacial score (nSPS) is 11.1. The van der Waals surface area contributed by atoms with Crippen molar-refractivity contribution >= 4 is 39.3 Å². The zero-order chi connectivity index (χ0) is 13.6. The van der Waals surface area contributed by atoms with E-state index in [1.807, 2.05) is 10.6 Å². The number of aromatic nitrogens is 3. The Morgan fingerprint density at radius 2 is 2.05 bits per heavy atom. The van der Waals surface area contributed by atoms with Crippen molar-refractivity contribution in [3.05, 3.63) is 50.8 Å². The molecule has 2 heterocycles. The second-order valence-electron chi connectivity index (χ2n) is 4.58. The minimum atomic E-state index is 0.660. The maximum Gasteiger partial charge on any atom is 0.184 e. The van der Waals surface area contributed by atoms with Crippen LogP contribution < -0.4 is 0 Å². The van der Waals surface area contributed by atoms with Crippen molar-refractivity contribution in [1.82, 2.24) is 14.5 Å². The van der Waals surface area contributed by atoms with E-state index in [0.717, 1.165) is 21.3 Å². The predicted octanol–water partition coefficient (Wildman–Crippen LogP) is 4.46. The highest BCUT2D eigenvalue weighted by Gasteiger charge is 2.10. The highest BCUT2D eigenvalue weighted by molar-refractivity contribution is 9.10. The highest BCUT2D eigenvalue weighted by atomic mass is 79.9. The fraction of sp³-hybridized carbons (Fsp3) is 0.143. The van der Waals surface area contributed by atoms with E-state index < -0.39 is 0 Å². The Hall–Kier alpha value is -1.46. The van der Waals surface area contributed by atoms with Crippen molar-refractivity contribution in [1.29, 1.82) is 0 Å². The lowest BCUT2D eigenvalue weighted by Crippen LogP contribution is -1.98. The van der Waals surface area contributed by atoms with Gasteiger partial charge in [-0.05, 0) is 59.7 Å². The quantitative estimate of drug-likeness (QED) is 0.667. The van der Waals surface area contributed by atoms with Gasteiger partial charge in [-0.25, -0.2) is 4.98 Å². The van der Waals surface area contributed by atoms with Gasteiger partial charge in [0.1, 0.15) is 0 Å². The standard InChI is InChI=1S/C14H12BrN3S/c1-8-3-4-12(9(2)5-8)18-13-11(17-14(18)19)6-10(15)7-16-13/h3-7H,1-2H3,(H,17,19). The number of benzene rings is 1. The molecule has 0 aliphatic carbocycles. The first-order chi connectivity index (χ1) is 9.06. The number of halogens is 1. The van der Waals surface area contributed by atoms with Crippen molar-refractivity contribution in [3.63, 3.8) is 0 Å². The first-order valence-corrected chi connectivity index (χ1v) is 7.10. The number of pyridine rings is 1. The number of rotatable bonds is 1. The van der Waals surface area contributed by atoms with Crippen molar-refractivity contribution in [2.24, 2.45) is 0 Å². The maximum atomic E-state index is 5.42. The third-order valence-corrected chi connectivity index (χ3v) is 3.80. The van der Waals surface area contributed by atoms with Gasteiger partial charge in [-0.15, -0.1) is 0 Å². The number of imidazole rings is 1. The molecule has 3 aromatic rings. The largest absolute Gasteiger partial charge is 0.329 e. The fourth-order valence-corrected chi connectivity index (χ4v) is 2.88. The van der Waals surface area contributed by atoms with Crippen LogP contribution in [0.15, 0.2) is 34.9 Å². The summed E-state index contributed by atoms with van der Waals surface area (Å²) in [7, 11) is 0. The summed E-state index contributed by atoms with van der Waals surface area (Å²) in [6, 6.07) is 8.30. The molecule has 0 aliphatic heterocycles. The second kappa shape index (κ2) is 4.58. The molecule has 0 spiro atoms. The zero-order valence-electron chi connectivity index (χ0n) is 10.6. The molecule has 3 rings (SSSR count). The van der Waals surface area contributed by atoms with Gasteiger partial charge in [0.05, 0.1) is 11.2 Å². The number of aryl methyl sites for hydroxylation is 2. The van der Waals surface area contributed by atoms with Gasteiger partial charge in [-0.2, -0.15) is 0 Å². The monoisotopic (exact) mass is 333 g/mol. The summed E-state index contributed by atoms with van der Waals surface area (Å²) in [6.45, 7) is 4.17. The van der Waals surface area contributed by atoms with Crippen LogP contribution in [0.5, 0.6) is 0 Å². The first-order valence-electron chi connectivity index (χ1n) is 5.90. The molecular weight excluding hydrogens is 322 g/mol. The molecule has 0 aliphatic rings. The lowest BCUT2D eigenvalue weighted by molar-refractivity contribution is 1.03. The van der Waals surface area contributed by atoms with Crippen molar-refractivity contribution < 1.29 is 0 Å². The summed E-state index contributed by atoms with van der Waals surface area (Å²) >= 11 is 8.84. The lowest BCUT2D eigenvalue weighted by atomic mass is 10.1. The Bertz CT molecular complexity index is 832. The summed E-state index contributed by atoms with van der Waals surface area (Å²) in [6.07, 6.45) is 1.78. The first kappa shape index (κ1) is 12.6. The Balaban J connectivity index is 2.36. The van der Waals surface area contributed by atoms with Crippen LogP contribution in [0.3, 0.4) is 0 Å². The maximum absolute atomic E-state index is 5.42. The van der Waals surface area contributed by atoms with E-state index in [0.29, 0.717) is 4.77 Å². The third kappa shape index (κ3) is 2.13. The van der Waals surface area contributed by atoms with Gasteiger partial charge in [0.2, 0.25) is 0 Å². The summed E-state index contributed by atoms with van der Waals surface area (Å²) < 4.78 is 3.57. The van der Waals surface area contributed by atoms with Crippen molar-refractivity contribution in [3.8, 4) is 5.69 Å². The molecule has 1 N–H and O–H groups in total. The van der Waals surface area contributed by atoms with Crippen LogP contribution in [-0.4, -0.2) is 14.5 Å². The van der Waals surface area contributed by atoms with Gasteiger partial charge in [0, 0.05) is 10.7 Å². The molecular formula is C14H12BrN3S. The minimum absolute atomic E-state index is 0.660. The molecule has 19 heavy (non-hydrogen) atoms. The average molecular weight is 334 g/mol. The topological polar surface area (TPSA) is 33.6 Å². The molecule has 0 radical (unpaired) electrons. The van der Waals surface area contributed by atoms with Crippen LogP contribution in [0.2, 0.25) is 0 Å². The van der Waals surface area contributed by atoms with Crippen LogP contribution in [0, 0.1) is 18.6 Å². The Labute approximate surface area is 124 Å². The fourth-order valence-electron chi connectivity index (χ4n) is 2.25. The van der Waals surface area contributed by atoms with E-state index in [1.54, 1.807) is 6.20 Å².